The highest BCUT2D eigenvalue weighted by molar-refractivity contribution is 9.10. The summed E-state index contributed by atoms with van der Waals surface area (Å²) < 4.78 is 0.788. The van der Waals surface area contributed by atoms with Crippen molar-refractivity contribution in [3.05, 3.63) is 75.4 Å². The first-order chi connectivity index (χ1) is 9.63. The Kier molecular flexibility index (Phi) is 3.55. The van der Waals surface area contributed by atoms with Gasteiger partial charge in [0.15, 0.2) is 5.78 Å². The maximum absolute atomic E-state index is 12.5. The Morgan fingerprint density at radius 3 is 2.70 bits per heavy atom. The Balaban J connectivity index is 2.07. The number of carbonyl (C=O) groups excluding carboxylic acids is 1. The van der Waals surface area contributed by atoms with Crippen molar-refractivity contribution in [2.75, 3.05) is 0 Å². The maximum Gasteiger partial charge on any atom is 0.193 e. The number of ketones is 1. The highest BCUT2D eigenvalue weighted by Crippen LogP contribution is 2.23. The molecular formula is C16H9BrClNO. The Labute approximate surface area is 129 Å². The van der Waals surface area contributed by atoms with Gasteiger partial charge in [-0.1, -0.05) is 33.6 Å². The smallest absolute Gasteiger partial charge is 0.193 e. The molecule has 0 N–H and O–H groups in total. The summed E-state index contributed by atoms with van der Waals surface area (Å²) in [6, 6.07) is 14.5. The molecule has 3 rings (SSSR count). The van der Waals surface area contributed by atoms with Crippen LogP contribution >= 0.6 is 27.5 Å². The van der Waals surface area contributed by atoms with Gasteiger partial charge in [-0.25, -0.2) is 0 Å². The van der Waals surface area contributed by atoms with Crippen LogP contribution in [-0.2, 0) is 0 Å². The topological polar surface area (TPSA) is 30.0 Å². The van der Waals surface area contributed by atoms with Gasteiger partial charge in [0.2, 0.25) is 0 Å². The minimum Gasteiger partial charge on any atom is -0.289 e. The molecule has 3 aromatic rings. The van der Waals surface area contributed by atoms with Crippen LogP contribution in [0.2, 0.25) is 5.02 Å². The van der Waals surface area contributed by atoms with E-state index in [1.54, 1.807) is 30.5 Å². The molecule has 0 spiro atoms. The molecule has 4 heteroatoms. The molecule has 0 aliphatic heterocycles. The third-order valence-corrected chi connectivity index (χ3v) is 3.67. The molecule has 0 radical (unpaired) electrons. The standard InChI is InChI=1S/C16H9BrClNO/c17-13-7-12(8-14(18)9-13)16(20)11-3-4-15-10(6-11)2-1-5-19-15/h1-9H. The first kappa shape index (κ1) is 13.3. The summed E-state index contributed by atoms with van der Waals surface area (Å²) in [4.78, 5) is 16.7. The van der Waals surface area contributed by atoms with Crippen molar-refractivity contribution in [1.82, 2.24) is 4.98 Å². The quantitative estimate of drug-likeness (QED) is 0.619. The Morgan fingerprint density at radius 1 is 1.05 bits per heavy atom. The molecule has 0 unspecified atom stereocenters. The Bertz CT molecular complexity index is 796. The molecule has 1 aromatic heterocycles. The van der Waals surface area contributed by atoms with E-state index in [-0.39, 0.29) is 5.78 Å². The normalized spacial score (nSPS) is 10.7. The zero-order valence-electron chi connectivity index (χ0n) is 10.3. The highest BCUT2D eigenvalue weighted by atomic mass is 79.9. The van der Waals surface area contributed by atoms with Crippen LogP contribution in [0.3, 0.4) is 0 Å². The van der Waals surface area contributed by atoms with Gasteiger partial charge in [0.05, 0.1) is 5.52 Å². The molecule has 0 saturated heterocycles. The molecule has 98 valence electrons. The van der Waals surface area contributed by atoms with Crippen molar-refractivity contribution in [1.29, 1.82) is 0 Å². The van der Waals surface area contributed by atoms with E-state index >= 15 is 0 Å². The lowest BCUT2D eigenvalue weighted by molar-refractivity contribution is 0.103. The van der Waals surface area contributed by atoms with Crippen LogP contribution in [0.15, 0.2) is 59.2 Å². The first-order valence-electron chi connectivity index (χ1n) is 5.99. The van der Waals surface area contributed by atoms with Crippen molar-refractivity contribution in [3.63, 3.8) is 0 Å². The fraction of sp³-hybridized carbons (Fsp3) is 0. The number of rotatable bonds is 2. The predicted molar refractivity (Wildman–Crippen MR) is 84.3 cm³/mol. The summed E-state index contributed by atoms with van der Waals surface area (Å²) in [5.74, 6) is -0.0565. The second-order valence-electron chi connectivity index (χ2n) is 4.40. The first-order valence-corrected chi connectivity index (χ1v) is 7.16. The van der Waals surface area contributed by atoms with Gasteiger partial charge in [-0.15, -0.1) is 0 Å². The van der Waals surface area contributed by atoms with Crippen molar-refractivity contribution >= 4 is 44.2 Å². The molecule has 1 heterocycles. The number of carbonyl (C=O) groups is 1. The molecule has 0 bridgehead atoms. The largest absolute Gasteiger partial charge is 0.289 e. The lowest BCUT2D eigenvalue weighted by Crippen LogP contribution is -2.01. The molecule has 0 fully saturated rings. The van der Waals surface area contributed by atoms with Crippen LogP contribution in [-0.4, -0.2) is 10.8 Å². The van der Waals surface area contributed by atoms with E-state index < -0.39 is 0 Å². The van der Waals surface area contributed by atoms with E-state index in [4.69, 9.17) is 11.6 Å². The number of aromatic nitrogens is 1. The summed E-state index contributed by atoms with van der Waals surface area (Å²) in [5.41, 5.74) is 2.06. The third kappa shape index (κ3) is 2.60. The van der Waals surface area contributed by atoms with Crippen LogP contribution in [0, 0.1) is 0 Å². The van der Waals surface area contributed by atoms with Crippen LogP contribution in [0.5, 0.6) is 0 Å². The lowest BCUT2D eigenvalue weighted by Gasteiger charge is -2.04. The third-order valence-electron chi connectivity index (χ3n) is 2.99. The monoisotopic (exact) mass is 345 g/mol. The molecule has 0 atom stereocenters. The highest BCUT2D eigenvalue weighted by Gasteiger charge is 2.11. The summed E-state index contributed by atoms with van der Waals surface area (Å²) in [6.45, 7) is 0. The molecule has 0 aliphatic rings. The van der Waals surface area contributed by atoms with Gasteiger partial charge in [-0.3, -0.25) is 9.78 Å². The SMILES string of the molecule is O=C(c1cc(Cl)cc(Br)c1)c1ccc2ncccc2c1. The number of hydrogen-bond donors (Lipinski definition) is 0. The van der Waals surface area contributed by atoms with Crippen LogP contribution in [0.4, 0.5) is 0 Å². The molecule has 20 heavy (non-hydrogen) atoms. The van der Waals surface area contributed by atoms with Crippen molar-refractivity contribution in [2.45, 2.75) is 0 Å². The van der Waals surface area contributed by atoms with Gasteiger partial charge < -0.3 is 0 Å². The zero-order chi connectivity index (χ0) is 14.1. The average molecular weight is 347 g/mol. The van der Waals surface area contributed by atoms with E-state index in [1.165, 1.54) is 0 Å². The number of hydrogen-bond acceptors (Lipinski definition) is 2. The van der Waals surface area contributed by atoms with Crippen molar-refractivity contribution in [3.8, 4) is 0 Å². The summed E-state index contributed by atoms with van der Waals surface area (Å²) >= 11 is 9.33. The fourth-order valence-corrected chi connectivity index (χ4v) is 2.93. The second-order valence-corrected chi connectivity index (χ2v) is 5.75. The molecular weight excluding hydrogens is 338 g/mol. The van der Waals surface area contributed by atoms with Gasteiger partial charge in [-0.2, -0.15) is 0 Å². The Hall–Kier alpha value is -1.71. The average Bonchev–Trinajstić information content (AvgIpc) is 2.45. The lowest BCUT2D eigenvalue weighted by atomic mass is 10.0. The van der Waals surface area contributed by atoms with E-state index in [0.29, 0.717) is 16.1 Å². The molecule has 0 aliphatic carbocycles. The number of benzene rings is 2. The Morgan fingerprint density at radius 2 is 1.90 bits per heavy atom. The van der Waals surface area contributed by atoms with E-state index in [2.05, 4.69) is 20.9 Å². The molecule has 0 saturated carbocycles. The second kappa shape index (κ2) is 5.35. The molecule has 0 amide bonds. The van der Waals surface area contributed by atoms with Gasteiger partial charge in [0, 0.05) is 32.2 Å². The zero-order valence-corrected chi connectivity index (χ0v) is 12.6. The fourth-order valence-electron chi connectivity index (χ4n) is 2.07. The van der Waals surface area contributed by atoms with Gasteiger partial charge in [-0.05, 0) is 42.5 Å². The summed E-state index contributed by atoms with van der Waals surface area (Å²) in [5, 5.41) is 1.48. The number of halogens is 2. The summed E-state index contributed by atoms with van der Waals surface area (Å²) in [6.07, 6.45) is 1.73. The molecule has 2 aromatic carbocycles. The minimum atomic E-state index is -0.0565. The van der Waals surface area contributed by atoms with Gasteiger partial charge in [0.1, 0.15) is 0 Å². The van der Waals surface area contributed by atoms with E-state index in [9.17, 15) is 4.79 Å². The van der Waals surface area contributed by atoms with Crippen LogP contribution in [0.1, 0.15) is 15.9 Å². The van der Waals surface area contributed by atoms with Crippen molar-refractivity contribution in [2.24, 2.45) is 0 Å². The number of pyridine rings is 1. The van der Waals surface area contributed by atoms with Gasteiger partial charge in [0.25, 0.3) is 0 Å². The van der Waals surface area contributed by atoms with Crippen LogP contribution in [0.25, 0.3) is 10.9 Å². The summed E-state index contributed by atoms with van der Waals surface area (Å²) in [7, 11) is 0. The van der Waals surface area contributed by atoms with E-state index in [1.807, 2.05) is 24.3 Å². The van der Waals surface area contributed by atoms with Gasteiger partial charge >= 0.3 is 0 Å². The molecule has 2 nitrogen and oxygen atoms in total. The number of nitrogens with zero attached hydrogens (tertiary/aromatic N) is 1. The maximum atomic E-state index is 12.5. The van der Waals surface area contributed by atoms with E-state index in [0.717, 1.165) is 15.4 Å². The predicted octanol–water partition coefficient (Wildman–Crippen LogP) is 4.88. The van der Waals surface area contributed by atoms with Crippen molar-refractivity contribution < 1.29 is 4.79 Å². The number of fused-ring (bicyclic) bond motifs is 1. The van der Waals surface area contributed by atoms with Crippen LogP contribution < -0.4 is 0 Å². The minimum absolute atomic E-state index is 0.0565.